The molecular formula is C26H28O9. The zero-order valence-corrected chi connectivity index (χ0v) is 19.3. The molecule has 0 aliphatic heterocycles. The normalized spacial score (nSPS) is 10.1. The lowest BCUT2D eigenvalue weighted by Crippen LogP contribution is -2.15. The standard InChI is InChI=1S/C26H28O9/c1-3-24(28)33-15-5-4-14-31-21-8-6-20(7-9-21)26(30)35-23-12-10-22(11-13-23)32-16-17-34-25(29)19(2)18-27/h3,6-13,27H,1-2,4-5,14-18H2. The number of rotatable bonds is 15. The third-order valence-electron chi connectivity index (χ3n) is 4.41. The molecule has 0 heterocycles. The van der Waals surface area contributed by atoms with E-state index in [0.717, 1.165) is 6.08 Å². The summed E-state index contributed by atoms with van der Waals surface area (Å²) < 4.78 is 26.2. The first-order valence-corrected chi connectivity index (χ1v) is 10.9. The third kappa shape index (κ3) is 10.1. The van der Waals surface area contributed by atoms with Gasteiger partial charge in [-0.3, -0.25) is 0 Å². The Morgan fingerprint density at radius 1 is 0.771 bits per heavy atom. The van der Waals surface area contributed by atoms with E-state index in [0.29, 0.717) is 48.9 Å². The summed E-state index contributed by atoms with van der Waals surface area (Å²) in [7, 11) is 0. The topological polar surface area (TPSA) is 118 Å². The predicted octanol–water partition coefficient (Wildman–Crippen LogP) is 3.26. The number of carbonyl (C=O) groups excluding carboxylic acids is 3. The number of esters is 3. The van der Waals surface area contributed by atoms with E-state index >= 15 is 0 Å². The molecule has 0 unspecified atom stereocenters. The van der Waals surface area contributed by atoms with Gasteiger partial charge in [-0.2, -0.15) is 0 Å². The second kappa shape index (κ2) is 14.9. The summed E-state index contributed by atoms with van der Waals surface area (Å²) in [4.78, 5) is 34.7. The predicted molar refractivity (Wildman–Crippen MR) is 126 cm³/mol. The molecular weight excluding hydrogens is 456 g/mol. The van der Waals surface area contributed by atoms with Crippen LogP contribution in [0.1, 0.15) is 23.2 Å². The maximum atomic E-state index is 12.4. The number of benzene rings is 2. The van der Waals surface area contributed by atoms with E-state index < -0.39 is 24.5 Å². The van der Waals surface area contributed by atoms with E-state index in [2.05, 4.69) is 13.2 Å². The van der Waals surface area contributed by atoms with Gasteiger partial charge in [0.1, 0.15) is 30.5 Å². The van der Waals surface area contributed by atoms with Crippen LogP contribution in [-0.4, -0.2) is 56.0 Å². The van der Waals surface area contributed by atoms with Crippen molar-refractivity contribution >= 4 is 17.9 Å². The summed E-state index contributed by atoms with van der Waals surface area (Å²) in [6.07, 6.45) is 2.50. The molecule has 2 aromatic carbocycles. The smallest absolute Gasteiger partial charge is 0.343 e. The molecule has 0 aromatic heterocycles. The van der Waals surface area contributed by atoms with Crippen LogP contribution >= 0.6 is 0 Å². The van der Waals surface area contributed by atoms with Gasteiger partial charge in [0, 0.05) is 6.08 Å². The Morgan fingerprint density at radius 3 is 1.97 bits per heavy atom. The van der Waals surface area contributed by atoms with Gasteiger partial charge in [0.2, 0.25) is 0 Å². The fourth-order valence-corrected chi connectivity index (χ4v) is 2.54. The number of hydrogen-bond acceptors (Lipinski definition) is 9. The molecule has 9 heteroatoms. The molecule has 9 nitrogen and oxygen atoms in total. The molecule has 0 saturated carbocycles. The number of ether oxygens (including phenoxy) is 5. The number of aliphatic hydroxyl groups excluding tert-OH is 1. The van der Waals surface area contributed by atoms with Crippen molar-refractivity contribution in [3.8, 4) is 17.2 Å². The zero-order valence-electron chi connectivity index (χ0n) is 19.3. The monoisotopic (exact) mass is 484 g/mol. The summed E-state index contributed by atoms with van der Waals surface area (Å²) in [5, 5.41) is 8.80. The Morgan fingerprint density at radius 2 is 1.34 bits per heavy atom. The highest BCUT2D eigenvalue weighted by molar-refractivity contribution is 5.91. The highest BCUT2D eigenvalue weighted by atomic mass is 16.6. The molecule has 0 spiro atoms. The van der Waals surface area contributed by atoms with Gasteiger partial charge in [0.15, 0.2) is 0 Å². The Labute approximate surface area is 203 Å². The average Bonchev–Trinajstić information content (AvgIpc) is 2.88. The van der Waals surface area contributed by atoms with Gasteiger partial charge < -0.3 is 28.8 Å². The van der Waals surface area contributed by atoms with Crippen LogP contribution in [0.3, 0.4) is 0 Å². The van der Waals surface area contributed by atoms with E-state index in [-0.39, 0.29) is 18.8 Å². The molecule has 35 heavy (non-hydrogen) atoms. The molecule has 1 N–H and O–H groups in total. The first-order chi connectivity index (χ1) is 16.9. The van der Waals surface area contributed by atoms with Crippen LogP contribution in [0, 0.1) is 0 Å². The minimum atomic E-state index is -0.679. The fourth-order valence-electron chi connectivity index (χ4n) is 2.54. The minimum Gasteiger partial charge on any atom is -0.494 e. The number of hydrogen-bond donors (Lipinski definition) is 1. The molecule has 0 fully saturated rings. The van der Waals surface area contributed by atoms with Crippen LogP contribution in [0.15, 0.2) is 73.3 Å². The Hall–Kier alpha value is -4.11. The molecule has 0 bridgehead atoms. The van der Waals surface area contributed by atoms with Crippen LogP contribution in [-0.2, 0) is 19.1 Å². The lowest BCUT2D eigenvalue weighted by atomic mass is 10.2. The van der Waals surface area contributed by atoms with E-state index in [9.17, 15) is 14.4 Å². The SMILES string of the molecule is C=CC(=O)OCCCCOc1ccc(C(=O)Oc2ccc(OCCOC(=O)C(=C)CO)cc2)cc1. The van der Waals surface area contributed by atoms with E-state index in [1.807, 2.05) is 0 Å². The Kier molecular flexibility index (Phi) is 11.6. The second-order valence-electron chi connectivity index (χ2n) is 7.06. The lowest BCUT2D eigenvalue weighted by molar-refractivity contribution is -0.140. The lowest BCUT2D eigenvalue weighted by Gasteiger charge is -2.09. The second-order valence-corrected chi connectivity index (χ2v) is 7.06. The van der Waals surface area contributed by atoms with Crippen molar-refractivity contribution in [2.45, 2.75) is 12.8 Å². The van der Waals surface area contributed by atoms with Gasteiger partial charge in [0.05, 0.1) is 31.0 Å². The van der Waals surface area contributed by atoms with Gasteiger partial charge in [0.25, 0.3) is 0 Å². The van der Waals surface area contributed by atoms with Gasteiger partial charge in [-0.1, -0.05) is 13.2 Å². The van der Waals surface area contributed by atoms with Gasteiger partial charge in [-0.25, -0.2) is 14.4 Å². The summed E-state index contributed by atoms with van der Waals surface area (Å²) in [6, 6.07) is 13.0. The van der Waals surface area contributed by atoms with Gasteiger partial charge >= 0.3 is 17.9 Å². The van der Waals surface area contributed by atoms with Crippen LogP contribution in [0.4, 0.5) is 0 Å². The first-order valence-electron chi connectivity index (χ1n) is 10.9. The highest BCUT2D eigenvalue weighted by Crippen LogP contribution is 2.20. The molecule has 2 rings (SSSR count). The Balaban J connectivity index is 1.70. The third-order valence-corrected chi connectivity index (χ3v) is 4.41. The average molecular weight is 485 g/mol. The molecule has 0 aliphatic rings. The number of aliphatic hydroxyl groups is 1. The largest absolute Gasteiger partial charge is 0.494 e. The molecule has 0 atom stereocenters. The van der Waals surface area contributed by atoms with Crippen molar-refractivity contribution in [2.24, 2.45) is 0 Å². The summed E-state index contributed by atoms with van der Waals surface area (Å²) in [5.41, 5.74) is 0.333. The molecule has 0 radical (unpaired) electrons. The van der Waals surface area contributed by atoms with Crippen molar-refractivity contribution < 1.29 is 43.2 Å². The van der Waals surface area contributed by atoms with Crippen molar-refractivity contribution in [2.75, 3.05) is 33.0 Å². The molecule has 186 valence electrons. The van der Waals surface area contributed by atoms with E-state index in [1.165, 1.54) is 0 Å². The highest BCUT2D eigenvalue weighted by Gasteiger charge is 2.10. The maximum Gasteiger partial charge on any atom is 0.343 e. The minimum absolute atomic E-state index is 0.000538. The number of unbranched alkanes of at least 4 members (excludes halogenated alkanes) is 1. The maximum absolute atomic E-state index is 12.4. The van der Waals surface area contributed by atoms with E-state index in [4.69, 9.17) is 28.8 Å². The van der Waals surface area contributed by atoms with Crippen LogP contribution in [0.5, 0.6) is 17.2 Å². The van der Waals surface area contributed by atoms with Crippen molar-refractivity contribution in [1.82, 2.24) is 0 Å². The summed E-state index contributed by atoms with van der Waals surface area (Å²) >= 11 is 0. The summed E-state index contributed by atoms with van der Waals surface area (Å²) in [5.74, 6) is -0.197. The molecule has 0 saturated heterocycles. The Bertz CT molecular complexity index is 994. The van der Waals surface area contributed by atoms with Crippen molar-refractivity contribution in [3.63, 3.8) is 0 Å². The zero-order chi connectivity index (χ0) is 25.5. The van der Waals surface area contributed by atoms with Crippen LogP contribution in [0.25, 0.3) is 0 Å². The van der Waals surface area contributed by atoms with Crippen LogP contribution < -0.4 is 14.2 Å². The quantitative estimate of drug-likeness (QED) is 0.176. The van der Waals surface area contributed by atoms with E-state index in [1.54, 1.807) is 48.5 Å². The van der Waals surface area contributed by atoms with Gasteiger partial charge in [-0.15, -0.1) is 0 Å². The molecule has 2 aromatic rings. The van der Waals surface area contributed by atoms with Gasteiger partial charge in [-0.05, 0) is 61.4 Å². The van der Waals surface area contributed by atoms with Crippen molar-refractivity contribution in [3.05, 3.63) is 78.9 Å². The first kappa shape index (κ1) is 27.1. The number of carbonyl (C=O) groups is 3. The van der Waals surface area contributed by atoms with Crippen LogP contribution in [0.2, 0.25) is 0 Å². The fraction of sp³-hybridized carbons (Fsp3) is 0.269. The van der Waals surface area contributed by atoms with Crippen molar-refractivity contribution in [1.29, 1.82) is 0 Å². The summed E-state index contributed by atoms with van der Waals surface area (Å²) in [6.45, 7) is 7.10. The molecule has 0 aliphatic carbocycles. The molecule has 0 amide bonds.